The lowest BCUT2D eigenvalue weighted by Gasteiger charge is -2.22. The number of aliphatic hydroxyl groups is 1. The van der Waals surface area contributed by atoms with Gasteiger partial charge in [0.25, 0.3) is 0 Å². The van der Waals surface area contributed by atoms with Crippen LogP contribution in [0.4, 0.5) is 0 Å². The molecule has 1 N–H and O–H groups in total. The molecule has 12 heavy (non-hydrogen) atoms. The molecule has 0 bridgehead atoms. The van der Waals surface area contributed by atoms with Crippen LogP contribution in [0.15, 0.2) is 30.3 Å². The summed E-state index contributed by atoms with van der Waals surface area (Å²) in [6.45, 7) is 2.06. The molecular formula is C10H14O2. The Hall–Kier alpha value is -0.860. The number of hydrogen-bond donors (Lipinski definition) is 1. The van der Waals surface area contributed by atoms with Gasteiger partial charge in [0, 0.05) is 7.11 Å². The average Bonchev–Trinajstić information content (AvgIpc) is 2.06. The Morgan fingerprint density at radius 2 is 1.92 bits per heavy atom. The molecule has 0 saturated heterocycles. The second-order valence-electron chi connectivity index (χ2n) is 3.07. The largest absolute Gasteiger partial charge is 0.383 e. The molecule has 1 aromatic rings. The van der Waals surface area contributed by atoms with Crippen molar-refractivity contribution in [2.75, 3.05) is 13.7 Å². The molecule has 0 aliphatic heterocycles. The van der Waals surface area contributed by atoms with Gasteiger partial charge in [0.15, 0.2) is 0 Å². The van der Waals surface area contributed by atoms with Crippen molar-refractivity contribution < 1.29 is 9.84 Å². The summed E-state index contributed by atoms with van der Waals surface area (Å²) in [7, 11) is 1.58. The molecule has 0 radical (unpaired) electrons. The zero-order valence-electron chi connectivity index (χ0n) is 7.45. The van der Waals surface area contributed by atoms with Crippen LogP contribution >= 0.6 is 0 Å². The van der Waals surface area contributed by atoms with Gasteiger partial charge < -0.3 is 9.84 Å². The number of hydrogen-bond acceptors (Lipinski definition) is 2. The highest BCUT2D eigenvalue weighted by molar-refractivity contribution is 5.21. The summed E-state index contributed by atoms with van der Waals surface area (Å²) in [5.74, 6) is 0. The maximum Gasteiger partial charge on any atom is 0.110 e. The van der Waals surface area contributed by atoms with E-state index < -0.39 is 5.60 Å². The first-order valence-electron chi connectivity index (χ1n) is 3.93. The minimum atomic E-state index is -0.879. The van der Waals surface area contributed by atoms with E-state index in [1.54, 1.807) is 14.0 Å². The van der Waals surface area contributed by atoms with Crippen LogP contribution in [0.2, 0.25) is 0 Å². The van der Waals surface area contributed by atoms with Gasteiger partial charge in [-0.15, -0.1) is 0 Å². The zero-order valence-corrected chi connectivity index (χ0v) is 7.45. The molecule has 0 aliphatic carbocycles. The van der Waals surface area contributed by atoms with Crippen LogP contribution in [0.25, 0.3) is 0 Å². The van der Waals surface area contributed by atoms with Crippen LogP contribution in [0.3, 0.4) is 0 Å². The van der Waals surface area contributed by atoms with Gasteiger partial charge in [-0.25, -0.2) is 0 Å². The van der Waals surface area contributed by atoms with Gasteiger partial charge in [0.2, 0.25) is 0 Å². The molecule has 2 heteroatoms. The monoisotopic (exact) mass is 166 g/mol. The first-order valence-corrected chi connectivity index (χ1v) is 3.93. The molecule has 0 heterocycles. The van der Waals surface area contributed by atoms with Crippen LogP contribution in [-0.4, -0.2) is 18.8 Å². The molecule has 0 amide bonds. The Morgan fingerprint density at radius 1 is 1.33 bits per heavy atom. The van der Waals surface area contributed by atoms with Crippen LogP contribution in [0.1, 0.15) is 12.5 Å². The third-order valence-electron chi connectivity index (χ3n) is 1.82. The van der Waals surface area contributed by atoms with E-state index in [0.29, 0.717) is 6.61 Å². The van der Waals surface area contributed by atoms with Crippen molar-refractivity contribution in [2.24, 2.45) is 0 Å². The predicted octanol–water partition coefficient (Wildman–Crippen LogP) is 1.54. The lowest BCUT2D eigenvalue weighted by molar-refractivity contribution is -0.0208. The van der Waals surface area contributed by atoms with Gasteiger partial charge in [-0.1, -0.05) is 30.3 Å². The van der Waals surface area contributed by atoms with Gasteiger partial charge in [-0.2, -0.15) is 0 Å². The summed E-state index contributed by atoms with van der Waals surface area (Å²) >= 11 is 0. The summed E-state index contributed by atoms with van der Waals surface area (Å²) in [5, 5.41) is 9.86. The van der Waals surface area contributed by atoms with E-state index in [9.17, 15) is 5.11 Å². The van der Waals surface area contributed by atoms with Crippen molar-refractivity contribution in [3.05, 3.63) is 35.9 Å². The Balaban J connectivity index is 2.82. The normalized spacial score (nSPS) is 15.6. The van der Waals surface area contributed by atoms with Crippen molar-refractivity contribution in [2.45, 2.75) is 12.5 Å². The number of methoxy groups -OCH3 is 1. The van der Waals surface area contributed by atoms with Crippen molar-refractivity contribution in [3.8, 4) is 0 Å². The molecule has 2 nitrogen and oxygen atoms in total. The first-order chi connectivity index (χ1) is 5.67. The predicted molar refractivity (Wildman–Crippen MR) is 47.9 cm³/mol. The van der Waals surface area contributed by atoms with Crippen LogP contribution in [-0.2, 0) is 10.3 Å². The highest BCUT2D eigenvalue weighted by atomic mass is 16.5. The van der Waals surface area contributed by atoms with Gasteiger partial charge in [0.1, 0.15) is 5.60 Å². The highest BCUT2D eigenvalue weighted by Gasteiger charge is 2.21. The fourth-order valence-electron chi connectivity index (χ4n) is 1.16. The molecule has 0 fully saturated rings. The molecule has 1 atom stereocenters. The highest BCUT2D eigenvalue weighted by Crippen LogP contribution is 2.19. The third kappa shape index (κ3) is 2.06. The Labute approximate surface area is 72.8 Å². The van der Waals surface area contributed by atoms with Crippen molar-refractivity contribution in [1.29, 1.82) is 0 Å². The number of rotatable bonds is 3. The summed E-state index contributed by atoms with van der Waals surface area (Å²) < 4.78 is 4.91. The van der Waals surface area contributed by atoms with Crippen molar-refractivity contribution in [3.63, 3.8) is 0 Å². The fourth-order valence-corrected chi connectivity index (χ4v) is 1.16. The van der Waals surface area contributed by atoms with E-state index >= 15 is 0 Å². The van der Waals surface area contributed by atoms with Crippen LogP contribution in [0, 0.1) is 0 Å². The molecule has 1 unspecified atom stereocenters. The van der Waals surface area contributed by atoms with E-state index in [4.69, 9.17) is 4.74 Å². The van der Waals surface area contributed by atoms with Crippen molar-refractivity contribution in [1.82, 2.24) is 0 Å². The average molecular weight is 166 g/mol. The smallest absolute Gasteiger partial charge is 0.110 e. The summed E-state index contributed by atoms with van der Waals surface area (Å²) in [6.07, 6.45) is 0. The molecule has 0 aliphatic rings. The lowest BCUT2D eigenvalue weighted by atomic mass is 9.97. The maximum absolute atomic E-state index is 9.86. The summed E-state index contributed by atoms with van der Waals surface area (Å²) in [6, 6.07) is 9.50. The lowest BCUT2D eigenvalue weighted by Crippen LogP contribution is -2.26. The quantitative estimate of drug-likeness (QED) is 0.738. The molecule has 0 saturated carbocycles. The summed E-state index contributed by atoms with van der Waals surface area (Å²) in [4.78, 5) is 0. The van der Waals surface area contributed by atoms with Gasteiger partial charge in [0.05, 0.1) is 6.61 Å². The van der Waals surface area contributed by atoms with E-state index in [2.05, 4.69) is 0 Å². The van der Waals surface area contributed by atoms with Crippen LogP contribution < -0.4 is 0 Å². The Bertz CT molecular complexity index is 229. The van der Waals surface area contributed by atoms with Gasteiger partial charge in [-0.05, 0) is 12.5 Å². The van der Waals surface area contributed by atoms with E-state index in [1.165, 1.54) is 0 Å². The fraction of sp³-hybridized carbons (Fsp3) is 0.400. The minimum Gasteiger partial charge on any atom is -0.383 e. The second kappa shape index (κ2) is 3.70. The van der Waals surface area contributed by atoms with Gasteiger partial charge >= 0.3 is 0 Å². The molecular weight excluding hydrogens is 152 g/mol. The SMILES string of the molecule is COCC(C)(O)c1ccccc1. The second-order valence-corrected chi connectivity index (χ2v) is 3.07. The molecule has 1 aromatic carbocycles. The topological polar surface area (TPSA) is 29.5 Å². The molecule has 0 aromatic heterocycles. The molecule has 0 spiro atoms. The number of ether oxygens (including phenoxy) is 1. The van der Waals surface area contributed by atoms with Crippen LogP contribution in [0.5, 0.6) is 0 Å². The maximum atomic E-state index is 9.86. The minimum absolute atomic E-state index is 0.316. The molecule has 66 valence electrons. The van der Waals surface area contributed by atoms with E-state index in [-0.39, 0.29) is 0 Å². The van der Waals surface area contributed by atoms with Gasteiger partial charge in [-0.3, -0.25) is 0 Å². The third-order valence-corrected chi connectivity index (χ3v) is 1.82. The zero-order chi connectivity index (χ0) is 9.03. The van der Waals surface area contributed by atoms with E-state index in [1.807, 2.05) is 30.3 Å². The number of benzene rings is 1. The van der Waals surface area contributed by atoms with Crippen molar-refractivity contribution >= 4 is 0 Å². The summed E-state index contributed by atoms with van der Waals surface area (Å²) in [5.41, 5.74) is 0.00238. The van der Waals surface area contributed by atoms with E-state index in [0.717, 1.165) is 5.56 Å². The Kier molecular flexibility index (Phi) is 2.84. The Morgan fingerprint density at radius 3 is 2.42 bits per heavy atom. The first kappa shape index (κ1) is 9.23. The standard InChI is InChI=1S/C10H14O2/c1-10(11,8-12-2)9-6-4-3-5-7-9/h3-7,11H,8H2,1-2H3. The molecule has 1 rings (SSSR count).